The molecule has 2 aromatic heterocycles. The van der Waals surface area contributed by atoms with Gasteiger partial charge in [-0.1, -0.05) is 6.07 Å². The Kier molecular flexibility index (Phi) is 4.15. The van der Waals surface area contributed by atoms with Crippen LogP contribution in [0.5, 0.6) is 11.5 Å². The summed E-state index contributed by atoms with van der Waals surface area (Å²) in [5.41, 5.74) is 6.77. The molecule has 0 saturated heterocycles. The second-order valence-corrected chi connectivity index (χ2v) is 4.95. The third-order valence-electron chi connectivity index (χ3n) is 3.57. The summed E-state index contributed by atoms with van der Waals surface area (Å²) in [6, 6.07) is 8.66. The molecule has 122 valence electrons. The van der Waals surface area contributed by atoms with Gasteiger partial charge in [-0.25, -0.2) is 4.98 Å². The van der Waals surface area contributed by atoms with E-state index in [-0.39, 0.29) is 11.6 Å². The van der Waals surface area contributed by atoms with Crippen molar-refractivity contribution in [2.24, 2.45) is 0 Å². The number of anilines is 2. The van der Waals surface area contributed by atoms with E-state index in [1.165, 1.54) is 20.4 Å². The second kappa shape index (κ2) is 6.41. The number of hydrogen-bond donors (Lipinski definition) is 2. The smallest absolute Gasteiger partial charge is 0.276 e. The molecular weight excluding hydrogens is 308 g/mol. The molecule has 3 N–H and O–H groups in total. The summed E-state index contributed by atoms with van der Waals surface area (Å²) >= 11 is 0. The van der Waals surface area contributed by atoms with Gasteiger partial charge in [0.1, 0.15) is 11.5 Å². The fourth-order valence-electron chi connectivity index (χ4n) is 2.46. The highest BCUT2D eigenvalue weighted by Gasteiger charge is 2.18. The van der Waals surface area contributed by atoms with E-state index < -0.39 is 0 Å². The van der Waals surface area contributed by atoms with Crippen LogP contribution in [-0.2, 0) is 0 Å². The van der Waals surface area contributed by atoms with Crippen LogP contribution < -0.4 is 20.5 Å². The second-order valence-electron chi connectivity index (χ2n) is 4.95. The van der Waals surface area contributed by atoms with Crippen LogP contribution in [0.3, 0.4) is 0 Å². The lowest BCUT2D eigenvalue weighted by atomic mass is 10.1. The molecule has 3 rings (SSSR count). The predicted octanol–water partition coefficient (Wildman–Crippen LogP) is 2.48. The van der Waals surface area contributed by atoms with Gasteiger partial charge in [0, 0.05) is 23.2 Å². The first-order valence-corrected chi connectivity index (χ1v) is 7.17. The fourth-order valence-corrected chi connectivity index (χ4v) is 2.46. The molecule has 3 aromatic rings. The van der Waals surface area contributed by atoms with Crippen molar-refractivity contribution in [2.45, 2.75) is 0 Å². The quantitative estimate of drug-likeness (QED) is 0.715. The van der Waals surface area contributed by atoms with Crippen molar-refractivity contribution in [1.29, 1.82) is 0 Å². The minimum Gasteiger partial charge on any atom is -0.493 e. The van der Waals surface area contributed by atoms with Crippen LogP contribution in [0.25, 0.3) is 10.8 Å². The molecule has 0 saturated carbocycles. The molecule has 1 aromatic carbocycles. The van der Waals surface area contributed by atoms with Crippen LogP contribution in [-0.4, -0.2) is 30.1 Å². The van der Waals surface area contributed by atoms with E-state index >= 15 is 0 Å². The molecule has 0 radical (unpaired) electrons. The number of ether oxygens (including phenoxy) is 2. The molecule has 0 aliphatic heterocycles. The zero-order valence-electron chi connectivity index (χ0n) is 13.2. The molecule has 1 amide bonds. The number of methoxy groups -OCH3 is 2. The van der Waals surface area contributed by atoms with Crippen LogP contribution in [0.2, 0.25) is 0 Å². The third-order valence-corrected chi connectivity index (χ3v) is 3.57. The Morgan fingerprint density at radius 2 is 1.92 bits per heavy atom. The number of rotatable bonds is 4. The van der Waals surface area contributed by atoms with Gasteiger partial charge in [0.05, 0.1) is 19.9 Å². The first kappa shape index (κ1) is 15.5. The van der Waals surface area contributed by atoms with Gasteiger partial charge in [0.15, 0.2) is 11.5 Å². The third kappa shape index (κ3) is 2.67. The summed E-state index contributed by atoms with van der Waals surface area (Å²) in [6.07, 6.45) is 3.12. The number of fused-ring (bicyclic) bond motifs is 1. The zero-order chi connectivity index (χ0) is 17.1. The molecule has 7 heteroatoms. The highest BCUT2D eigenvalue weighted by Crippen LogP contribution is 2.40. The van der Waals surface area contributed by atoms with E-state index in [2.05, 4.69) is 15.3 Å². The van der Waals surface area contributed by atoms with Gasteiger partial charge in [-0.05, 0) is 24.3 Å². The number of pyridine rings is 2. The summed E-state index contributed by atoms with van der Waals surface area (Å²) in [5, 5.41) is 3.94. The highest BCUT2D eigenvalue weighted by atomic mass is 16.5. The number of nitrogens with one attached hydrogen (secondary N) is 1. The molecule has 0 bridgehead atoms. The van der Waals surface area contributed by atoms with Crippen LogP contribution in [0, 0.1) is 0 Å². The van der Waals surface area contributed by atoms with Gasteiger partial charge in [0.2, 0.25) is 0 Å². The lowest BCUT2D eigenvalue weighted by Gasteiger charge is -2.14. The van der Waals surface area contributed by atoms with Gasteiger partial charge in [-0.15, -0.1) is 0 Å². The molecular formula is C17H16N4O3. The molecule has 0 atom stereocenters. The number of nitrogens with zero attached hydrogens (tertiary/aromatic N) is 2. The maximum atomic E-state index is 12.6. The number of benzene rings is 1. The number of aromatic nitrogens is 2. The van der Waals surface area contributed by atoms with E-state index in [0.29, 0.717) is 33.8 Å². The topological polar surface area (TPSA) is 99.4 Å². The van der Waals surface area contributed by atoms with Crippen molar-refractivity contribution < 1.29 is 14.3 Å². The number of nitrogens with two attached hydrogens (primary N) is 1. The van der Waals surface area contributed by atoms with E-state index in [4.69, 9.17) is 15.2 Å². The number of hydrogen-bond acceptors (Lipinski definition) is 6. The number of carbonyl (C=O) groups is 1. The molecule has 7 nitrogen and oxygen atoms in total. The summed E-state index contributed by atoms with van der Waals surface area (Å²) in [5.74, 6) is 0.912. The fraction of sp³-hybridized carbons (Fsp3) is 0.118. The number of amides is 1. The Morgan fingerprint density at radius 3 is 2.58 bits per heavy atom. The predicted molar refractivity (Wildman–Crippen MR) is 91.4 cm³/mol. The summed E-state index contributed by atoms with van der Waals surface area (Å²) in [6.45, 7) is 0. The minimum atomic E-state index is -0.383. The summed E-state index contributed by atoms with van der Waals surface area (Å²) in [7, 11) is 3.02. The largest absolute Gasteiger partial charge is 0.493 e. The molecule has 0 fully saturated rings. The van der Waals surface area contributed by atoms with Crippen molar-refractivity contribution in [3.05, 3.63) is 48.4 Å². The minimum absolute atomic E-state index is 0.228. The molecule has 2 heterocycles. The van der Waals surface area contributed by atoms with Crippen molar-refractivity contribution in [3.8, 4) is 11.5 Å². The van der Waals surface area contributed by atoms with Crippen molar-refractivity contribution in [2.75, 3.05) is 25.3 Å². The van der Waals surface area contributed by atoms with Crippen LogP contribution >= 0.6 is 0 Å². The van der Waals surface area contributed by atoms with Gasteiger partial charge in [-0.2, -0.15) is 0 Å². The standard InChI is InChI=1S/C17H16N4O3/c1-23-12-9-11-10(14(18)16(12)24-2)6-8-20-15(11)17(22)21-13-5-3-4-7-19-13/h3-9H,18H2,1-2H3,(H,19,21,22). The molecule has 24 heavy (non-hydrogen) atoms. The molecule has 0 aliphatic carbocycles. The lowest BCUT2D eigenvalue weighted by molar-refractivity contribution is 0.102. The van der Waals surface area contributed by atoms with Crippen LogP contribution in [0.4, 0.5) is 11.5 Å². The maximum absolute atomic E-state index is 12.6. The Labute approximate surface area is 138 Å². The molecule has 0 spiro atoms. The number of nitrogen functional groups attached to an aromatic ring is 1. The number of carbonyl (C=O) groups excluding carboxylic acids is 1. The van der Waals surface area contributed by atoms with Gasteiger partial charge in [0.25, 0.3) is 5.91 Å². The zero-order valence-corrected chi connectivity index (χ0v) is 13.2. The average Bonchev–Trinajstić information content (AvgIpc) is 2.61. The van der Waals surface area contributed by atoms with E-state index in [1.807, 2.05) is 0 Å². The van der Waals surface area contributed by atoms with Gasteiger partial charge in [-0.3, -0.25) is 9.78 Å². The summed E-state index contributed by atoms with van der Waals surface area (Å²) < 4.78 is 10.6. The van der Waals surface area contributed by atoms with Gasteiger partial charge < -0.3 is 20.5 Å². The Hall–Kier alpha value is -3.35. The van der Waals surface area contributed by atoms with Gasteiger partial charge >= 0.3 is 0 Å². The Morgan fingerprint density at radius 1 is 1.08 bits per heavy atom. The van der Waals surface area contributed by atoms with Crippen molar-refractivity contribution >= 4 is 28.2 Å². The van der Waals surface area contributed by atoms with E-state index in [9.17, 15) is 4.79 Å². The van der Waals surface area contributed by atoms with Crippen molar-refractivity contribution in [3.63, 3.8) is 0 Å². The summed E-state index contributed by atoms with van der Waals surface area (Å²) in [4.78, 5) is 20.8. The Balaban J connectivity index is 2.11. The first-order chi connectivity index (χ1) is 11.7. The monoisotopic (exact) mass is 324 g/mol. The average molecular weight is 324 g/mol. The van der Waals surface area contributed by atoms with E-state index in [0.717, 1.165) is 0 Å². The SMILES string of the molecule is COc1cc2c(C(=O)Nc3ccccn3)nccc2c(N)c1OC. The van der Waals surface area contributed by atoms with Crippen LogP contribution in [0.15, 0.2) is 42.7 Å². The lowest BCUT2D eigenvalue weighted by Crippen LogP contribution is -2.15. The molecule has 0 aliphatic rings. The molecule has 0 unspecified atom stereocenters. The normalized spacial score (nSPS) is 10.4. The first-order valence-electron chi connectivity index (χ1n) is 7.17. The highest BCUT2D eigenvalue weighted by molar-refractivity contribution is 6.13. The maximum Gasteiger partial charge on any atom is 0.276 e. The van der Waals surface area contributed by atoms with Crippen molar-refractivity contribution in [1.82, 2.24) is 9.97 Å². The van der Waals surface area contributed by atoms with E-state index in [1.54, 1.807) is 36.5 Å². The van der Waals surface area contributed by atoms with Crippen LogP contribution in [0.1, 0.15) is 10.5 Å². The Bertz CT molecular complexity index is 897.